The van der Waals surface area contributed by atoms with Crippen molar-refractivity contribution >= 4 is 34.4 Å². The minimum atomic E-state index is -0.985. The van der Waals surface area contributed by atoms with Gasteiger partial charge in [0.25, 0.3) is 0 Å². The maximum Gasteiger partial charge on any atom is 0.413 e. The van der Waals surface area contributed by atoms with Gasteiger partial charge < -0.3 is 14.7 Å². The number of nitrogens with one attached hydrogen (secondary N) is 1. The van der Waals surface area contributed by atoms with Crippen molar-refractivity contribution in [3.8, 4) is 11.1 Å². The molecule has 5 rings (SSSR count). The monoisotopic (exact) mass is 477 g/mol. The Balaban J connectivity index is 1.18. The highest BCUT2D eigenvalue weighted by atomic mass is 32.1. The number of anilines is 1. The fraction of sp³-hybridized carbons (Fsp3) is 0.280. The number of benzene rings is 2. The van der Waals surface area contributed by atoms with Gasteiger partial charge in [-0.2, -0.15) is 0 Å². The number of hydrogen-bond donors (Lipinski definition) is 2. The zero-order valence-electron chi connectivity index (χ0n) is 18.3. The lowest BCUT2D eigenvalue weighted by Crippen LogP contribution is -2.41. The van der Waals surface area contributed by atoms with Gasteiger partial charge in [0.05, 0.1) is 12.1 Å². The predicted molar refractivity (Wildman–Crippen MR) is 127 cm³/mol. The minimum absolute atomic E-state index is 0.00729. The van der Waals surface area contributed by atoms with E-state index in [9.17, 15) is 19.5 Å². The Morgan fingerprint density at radius 3 is 2.44 bits per heavy atom. The lowest BCUT2D eigenvalue weighted by Gasteiger charge is -2.20. The van der Waals surface area contributed by atoms with Crippen LogP contribution in [0.5, 0.6) is 0 Å². The van der Waals surface area contributed by atoms with E-state index in [0.717, 1.165) is 22.3 Å². The number of hydrogen-bond acceptors (Lipinski definition) is 6. The highest BCUT2D eigenvalue weighted by Crippen LogP contribution is 2.44. The molecular formula is C25H23N3O5S. The van der Waals surface area contributed by atoms with Gasteiger partial charge in [0.2, 0.25) is 5.91 Å². The molecule has 34 heavy (non-hydrogen) atoms. The van der Waals surface area contributed by atoms with Gasteiger partial charge in [0.15, 0.2) is 5.13 Å². The molecule has 0 bridgehead atoms. The zero-order valence-corrected chi connectivity index (χ0v) is 19.1. The van der Waals surface area contributed by atoms with Crippen LogP contribution in [0.1, 0.15) is 35.6 Å². The normalized spacial score (nSPS) is 16.7. The van der Waals surface area contributed by atoms with Crippen LogP contribution in [0.4, 0.5) is 9.93 Å². The number of thiazole rings is 1. The van der Waals surface area contributed by atoms with Gasteiger partial charge in [-0.3, -0.25) is 10.1 Å². The molecule has 0 spiro atoms. The Morgan fingerprint density at radius 2 is 1.76 bits per heavy atom. The Bertz CT molecular complexity index is 1210. The van der Waals surface area contributed by atoms with E-state index in [1.807, 2.05) is 24.3 Å². The first kappa shape index (κ1) is 22.1. The van der Waals surface area contributed by atoms with Crippen LogP contribution >= 0.6 is 11.3 Å². The maximum absolute atomic E-state index is 12.5. The van der Waals surface area contributed by atoms with Crippen molar-refractivity contribution in [2.45, 2.75) is 31.2 Å². The van der Waals surface area contributed by atoms with Gasteiger partial charge >= 0.3 is 12.1 Å². The largest absolute Gasteiger partial charge is 0.480 e. The van der Waals surface area contributed by atoms with E-state index in [1.54, 1.807) is 5.38 Å². The molecule has 0 unspecified atom stereocenters. The summed E-state index contributed by atoms with van der Waals surface area (Å²) in [5, 5.41) is 13.9. The number of ether oxygens (including phenoxy) is 1. The Hall–Kier alpha value is -3.72. The van der Waals surface area contributed by atoms with Crippen LogP contribution in [-0.4, -0.2) is 52.2 Å². The fourth-order valence-electron chi connectivity index (χ4n) is 4.75. The van der Waals surface area contributed by atoms with Gasteiger partial charge in [-0.1, -0.05) is 48.5 Å². The summed E-state index contributed by atoms with van der Waals surface area (Å²) in [6.07, 6.45) is 0.521. The molecule has 174 valence electrons. The number of nitrogens with zero attached hydrogens (tertiary/aromatic N) is 2. The van der Waals surface area contributed by atoms with Crippen molar-refractivity contribution in [1.29, 1.82) is 0 Å². The number of fused-ring (bicyclic) bond motifs is 3. The third kappa shape index (κ3) is 4.26. The summed E-state index contributed by atoms with van der Waals surface area (Å²) in [7, 11) is 0. The molecule has 1 atom stereocenters. The summed E-state index contributed by atoms with van der Waals surface area (Å²) in [4.78, 5) is 42.0. The summed E-state index contributed by atoms with van der Waals surface area (Å²) in [6, 6.07) is 15.5. The van der Waals surface area contributed by atoms with Crippen molar-refractivity contribution in [3.63, 3.8) is 0 Å². The molecule has 2 heterocycles. The number of aliphatic carboxylic acids is 1. The lowest BCUT2D eigenvalue weighted by molar-refractivity contribution is -0.148. The zero-order chi connectivity index (χ0) is 23.7. The van der Waals surface area contributed by atoms with Gasteiger partial charge in [-0.15, -0.1) is 11.3 Å². The molecule has 9 heteroatoms. The number of rotatable bonds is 6. The van der Waals surface area contributed by atoms with Crippen LogP contribution in [0.15, 0.2) is 53.9 Å². The van der Waals surface area contributed by atoms with E-state index in [0.29, 0.717) is 30.2 Å². The smallest absolute Gasteiger partial charge is 0.413 e. The van der Waals surface area contributed by atoms with Crippen LogP contribution in [0, 0.1) is 0 Å². The number of amides is 2. The molecule has 1 aliphatic carbocycles. The first-order valence-electron chi connectivity index (χ1n) is 11.1. The molecule has 0 radical (unpaired) electrons. The number of aromatic nitrogens is 1. The van der Waals surface area contributed by atoms with Crippen molar-refractivity contribution in [2.75, 3.05) is 18.5 Å². The van der Waals surface area contributed by atoms with Crippen molar-refractivity contribution in [1.82, 2.24) is 9.88 Å². The van der Waals surface area contributed by atoms with Gasteiger partial charge in [-0.05, 0) is 35.1 Å². The van der Waals surface area contributed by atoms with Crippen LogP contribution in [0.2, 0.25) is 0 Å². The number of carbonyl (C=O) groups is 3. The van der Waals surface area contributed by atoms with Crippen molar-refractivity contribution in [2.24, 2.45) is 0 Å². The lowest BCUT2D eigenvalue weighted by atomic mass is 9.98. The second-order valence-electron chi connectivity index (χ2n) is 8.35. The van der Waals surface area contributed by atoms with Gasteiger partial charge in [-0.25, -0.2) is 14.6 Å². The van der Waals surface area contributed by atoms with E-state index < -0.39 is 18.1 Å². The van der Waals surface area contributed by atoms with Crippen molar-refractivity contribution < 1.29 is 24.2 Å². The molecule has 0 saturated carbocycles. The predicted octanol–water partition coefficient (Wildman–Crippen LogP) is 4.12. The topological polar surface area (TPSA) is 109 Å². The van der Waals surface area contributed by atoms with E-state index in [1.165, 1.54) is 16.2 Å². The van der Waals surface area contributed by atoms with E-state index in [4.69, 9.17) is 4.74 Å². The number of likely N-dealkylation sites (tertiary alicyclic amines) is 1. The Morgan fingerprint density at radius 1 is 1.09 bits per heavy atom. The molecule has 8 nitrogen and oxygen atoms in total. The molecule has 1 saturated heterocycles. The second kappa shape index (κ2) is 9.26. The third-order valence-electron chi connectivity index (χ3n) is 6.29. The quantitative estimate of drug-likeness (QED) is 0.553. The summed E-state index contributed by atoms with van der Waals surface area (Å²) in [5.74, 6) is -1.30. The first-order valence-corrected chi connectivity index (χ1v) is 12.0. The fourth-order valence-corrected chi connectivity index (χ4v) is 5.44. The van der Waals surface area contributed by atoms with Crippen molar-refractivity contribution in [3.05, 3.63) is 70.7 Å². The molecular weight excluding hydrogens is 454 g/mol. The molecule has 1 aliphatic heterocycles. The Kier molecular flexibility index (Phi) is 6.02. The Labute approximate surface area is 200 Å². The first-order chi connectivity index (χ1) is 16.5. The molecule has 2 aliphatic rings. The second-order valence-corrected chi connectivity index (χ2v) is 9.21. The molecule has 3 aromatic rings. The summed E-state index contributed by atoms with van der Waals surface area (Å²) < 4.78 is 5.53. The maximum atomic E-state index is 12.5. The number of carboxylic acids is 1. The van der Waals surface area contributed by atoms with Gasteiger partial charge in [0, 0.05) is 17.8 Å². The summed E-state index contributed by atoms with van der Waals surface area (Å²) in [5.41, 5.74) is 5.06. The highest BCUT2D eigenvalue weighted by molar-refractivity contribution is 7.13. The standard InChI is InChI=1S/C25H23N3O5S/c29-22(28-11-5-10-21(28)23(30)31)12-15-14-34-24(26-15)27-25(32)33-13-20-18-8-3-1-6-16(18)17-7-2-4-9-19(17)20/h1-4,6-9,14,20-21H,5,10-13H2,(H,30,31)(H,26,27,32)/t21-/m0/s1. The van der Waals surface area contributed by atoms with E-state index in [-0.39, 0.29) is 24.9 Å². The van der Waals surface area contributed by atoms with E-state index in [2.05, 4.69) is 34.6 Å². The van der Waals surface area contributed by atoms with E-state index >= 15 is 0 Å². The number of carboxylic acid groups (broad SMARTS) is 1. The SMILES string of the molecule is O=C(Nc1nc(CC(=O)N2CCC[C@H]2C(=O)O)cs1)OCC1c2ccccc2-c2ccccc21. The molecule has 1 aromatic heterocycles. The summed E-state index contributed by atoms with van der Waals surface area (Å²) >= 11 is 1.19. The molecule has 2 aromatic carbocycles. The average Bonchev–Trinajstić information content (AvgIpc) is 3.56. The van der Waals surface area contributed by atoms with Crippen LogP contribution < -0.4 is 5.32 Å². The van der Waals surface area contributed by atoms with Crippen LogP contribution in [0.25, 0.3) is 11.1 Å². The molecule has 2 amide bonds. The minimum Gasteiger partial charge on any atom is -0.480 e. The van der Waals surface area contributed by atoms with Crippen LogP contribution in [0.3, 0.4) is 0 Å². The highest BCUT2D eigenvalue weighted by Gasteiger charge is 2.34. The summed E-state index contributed by atoms with van der Waals surface area (Å²) in [6.45, 7) is 0.632. The van der Waals surface area contributed by atoms with Crippen LogP contribution in [-0.2, 0) is 20.7 Å². The average molecular weight is 478 g/mol. The number of carbonyl (C=O) groups excluding carboxylic acids is 2. The third-order valence-corrected chi connectivity index (χ3v) is 7.10. The van der Waals surface area contributed by atoms with Gasteiger partial charge in [0.1, 0.15) is 12.6 Å². The molecule has 1 fully saturated rings. The molecule has 2 N–H and O–H groups in total.